The largest absolute Gasteiger partial charge is 0.491 e. The first kappa shape index (κ1) is 21.8. The first-order valence-electron chi connectivity index (χ1n) is 9.91. The number of thiazole rings is 1. The number of hydrogen-bond acceptors (Lipinski definition) is 6. The molecule has 1 fully saturated rings. The third-order valence-electron chi connectivity index (χ3n) is 4.73. The molecule has 9 heteroatoms. The van der Waals surface area contributed by atoms with Crippen molar-refractivity contribution < 1.29 is 19.1 Å². The van der Waals surface area contributed by atoms with Crippen LogP contribution in [0.3, 0.4) is 0 Å². The van der Waals surface area contributed by atoms with Gasteiger partial charge in [0, 0.05) is 24.5 Å². The Morgan fingerprint density at radius 3 is 2.67 bits per heavy atom. The molecule has 2 aromatic rings. The van der Waals surface area contributed by atoms with Gasteiger partial charge in [-0.1, -0.05) is 0 Å². The Morgan fingerprint density at radius 1 is 1.27 bits per heavy atom. The summed E-state index contributed by atoms with van der Waals surface area (Å²) in [6.07, 6.45) is 1.50. The summed E-state index contributed by atoms with van der Waals surface area (Å²) in [6, 6.07) is 7.07. The Hall–Kier alpha value is -2.94. The van der Waals surface area contributed by atoms with E-state index in [0.29, 0.717) is 18.0 Å². The summed E-state index contributed by atoms with van der Waals surface area (Å²) >= 11 is 1.36. The van der Waals surface area contributed by atoms with Crippen molar-refractivity contribution in [2.75, 3.05) is 20.1 Å². The fourth-order valence-corrected chi connectivity index (χ4v) is 4.12. The molecular formula is C21H26N4O4S. The Morgan fingerprint density at radius 2 is 2.00 bits per heavy atom. The molecule has 1 aliphatic heterocycles. The van der Waals surface area contributed by atoms with E-state index < -0.39 is 11.9 Å². The van der Waals surface area contributed by atoms with Crippen molar-refractivity contribution in [2.45, 2.75) is 38.8 Å². The van der Waals surface area contributed by atoms with E-state index in [1.807, 2.05) is 38.1 Å². The molecule has 1 aromatic heterocycles. The van der Waals surface area contributed by atoms with Gasteiger partial charge in [-0.25, -0.2) is 4.98 Å². The number of likely N-dealkylation sites (N-methyl/N-ethyl adjacent to an activating group) is 1. The van der Waals surface area contributed by atoms with Crippen LogP contribution < -0.4 is 15.4 Å². The third kappa shape index (κ3) is 5.15. The van der Waals surface area contributed by atoms with Crippen LogP contribution in [-0.4, -0.2) is 59.9 Å². The van der Waals surface area contributed by atoms with E-state index in [1.54, 1.807) is 12.4 Å². The van der Waals surface area contributed by atoms with Gasteiger partial charge >= 0.3 is 0 Å². The molecule has 160 valence electrons. The van der Waals surface area contributed by atoms with E-state index in [1.165, 1.54) is 16.2 Å². The van der Waals surface area contributed by atoms with Gasteiger partial charge in [-0.2, -0.15) is 0 Å². The van der Waals surface area contributed by atoms with E-state index >= 15 is 0 Å². The second-order valence-corrected chi connectivity index (χ2v) is 8.13. The number of hydrogen-bond donors (Lipinski definition) is 2. The standard InChI is InChI=1S/C21H26N4O4S/c1-13(2)29-15-8-6-14(7-9-15)21-24-16(12-30-21)19(27)23-11-18(26)25-10-4-5-17(25)20(28)22-3/h6-9,12-13,17H,4-5,10-11H2,1-3H3,(H,22,28)(H,23,27). The smallest absolute Gasteiger partial charge is 0.271 e. The van der Waals surface area contributed by atoms with Crippen LogP contribution in [0.25, 0.3) is 10.6 Å². The number of carbonyl (C=O) groups is 3. The van der Waals surface area contributed by atoms with Gasteiger partial charge in [0.15, 0.2) is 0 Å². The van der Waals surface area contributed by atoms with Crippen LogP contribution in [0.15, 0.2) is 29.6 Å². The predicted octanol–water partition coefficient (Wildman–Crippen LogP) is 2.06. The third-order valence-corrected chi connectivity index (χ3v) is 5.62. The van der Waals surface area contributed by atoms with Gasteiger partial charge in [-0.3, -0.25) is 14.4 Å². The van der Waals surface area contributed by atoms with E-state index in [4.69, 9.17) is 4.74 Å². The molecule has 2 N–H and O–H groups in total. The highest BCUT2D eigenvalue weighted by atomic mass is 32.1. The average Bonchev–Trinajstić information content (AvgIpc) is 3.41. The first-order chi connectivity index (χ1) is 14.4. The van der Waals surface area contributed by atoms with Crippen LogP contribution in [0.2, 0.25) is 0 Å². The Balaban J connectivity index is 1.57. The number of carbonyl (C=O) groups excluding carboxylic acids is 3. The summed E-state index contributed by atoms with van der Waals surface area (Å²) in [5.41, 5.74) is 1.14. The van der Waals surface area contributed by atoms with Gasteiger partial charge in [0.05, 0.1) is 12.6 Å². The van der Waals surface area contributed by atoms with Gasteiger partial charge in [0.2, 0.25) is 11.8 Å². The predicted molar refractivity (Wildman–Crippen MR) is 114 cm³/mol. The van der Waals surface area contributed by atoms with Gasteiger partial charge in [0.25, 0.3) is 5.91 Å². The zero-order chi connectivity index (χ0) is 21.7. The number of ether oxygens (including phenoxy) is 1. The molecule has 3 rings (SSSR count). The lowest BCUT2D eigenvalue weighted by molar-refractivity contribution is -0.137. The Labute approximate surface area is 179 Å². The second kappa shape index (κ2) is 9.71. The van der Waals surface area contributed by atoms with Crippen molar-refractivity contribution in [3.8, 4) is 16.3 Å². The maximum Gasteiger partial charge on any atom is 0.271 e. The lowest BCUT2D eigenvalue weighted by atomic mass is 10.2. The molecule has 0 radical (unpaired) electrons. The quantitative estimate of drug-likeness (QED) is 0.700. The molecular weight excluding hydrogens is 404 g/mol. The molecule has 0 spiro atoms. The summed E-state index contributed by atoms with van der Waals surface area (Å²) in [4.78, 5) is 42.7. The lowest BCUT2D eigenvalue weighted by Crippen LogP contribution is -2.48. The van der Waals surface area contributed by atoms with Crippen LogP contribution in [0.4, 0.5) is 0 Å². The molecule has 1 saturated heterocycles. The SMILES string of the molecule is CNC(=O)C1CCCN1C(=O)CNC(=O)c1csc(-c2ccc(OC(C)C)cc2)n1. The highest BCUT2D eigenvalue weighted by Crippen LogP contribution is 2.26. The Bertz CT molecular complexity index is 910. The van der Waals surface area contributed by atoms with Crippen molar-refractivity contribution in [3.63, 3.8) is 0 Å². The molecule has 1 atom stereocenters. The van der Waals surface area contributed by atoms with Crippen molar-refractivity contribution >= 4 is 29.1 Å². The van der Waals surface area contributed by atoms with Crippen LogP contribution in [0, 0.1) is 0 Å². The molecule has 1 unspecified atom stereocenters. The molecule has 0 bridgehead atoms. The fourth-order valence-electron chi connectivity index (χ4n) is 3.31. The zero-order valence-electron chi connectivity index (χ0n) is 17.3. The molecule has 30 heavy (non-hydrogen) atoms. The second-order valence-electron chi connectivity index (χ2n) is 7.27. The number of likely N-dealkylation sites (tertiary alicyclic amines) is 1. The van der Waals surface area contributed by atoms with E-state index in [9.17, 15) is 14.4 Å². The summed E-state index contributed by atoms with van der Waals surface area (Å²) in [7, 11) is 1.55. The van der Waals surface area contributed by atoms with Crippen molar-refractivity contribution in [3.05, 3.63) is 35.3 Å². The maximum atomic E-state index is 12.4. The number of benzene rings is 1. The Kier molecular flexibility index (Phi) is 7.04. The van der Waals surface area contributed by atoms with Gasteiger partial charge in [-0.05, 0) is 51.0 Å². The monoisotopic (exact) mass is 430 g/mol. The minimum Gasteiger partial charge on any atom is -0.491 e. The number of amides is 3. The molecule has 8 nitrogen and oxygen atoms in total. The highest BCUT2D eigenvalue weighted by molar-refractivity contribution is 7.13. The number of rotatable bonds is 7. The number of nitrogens with zero attached hydrogens (tertiary/aromatic N) is 2. The number of nitrogens with one attached hydrogen (secondary N) is 2. The van der Waals surface area contributed by atoms with Crippen molar-refractivity contribution in [1.29, 1.82) is 0 Å². The van der Waals surface area contributed by atoms with E-state index in [0.717, 1.165) is 17.7 Å². The normalized spacial score (nSPS) is 15.9. The lowest BCUT2D eigenvalue weighted by Gasteiger charge is -2.23. The number of aromatic nitrogens is 1. The topological polar surface area (TPSA) is 101 Å². The fraction of sp³-hybridized carbons (Fsp3) is 0.429. The molecule has 3 amide bonds. The summed E-state index contributed by atoms with van der Waals surface area (Å²) < 4.78 is 5.63. The van der Waals surface area contributed by atoms with Crippen LogP contribution >= 0.6 is 11.3 Å². The summed E-state index contributed by atoms with van der Waals surface area (Å²) in [5, 5.41) is 7.56. The minimum atomic E-state index is -0.465. The van der Waals surface area contributed by atoms with Crippen LogP contribution in [-0.2, 0) is 9.59 Å². The van der Waals surface area contributed by atoms with E-state index in [-0.39, 0.29) is 30.2 Å². The molecule has 1 aliphatic rings. The van der Waals surface area contributed by atoms with E-state index in [2.05, 4.69) is 15.6 Å². The summed E-state index contributed by atoms with van der Waals surface area (Å²) in [6.45, 7) is 4.28. The van der Waals surface area contributed by atoms with Gasteiger partial charge in [0.1, 0.15) is 22.5 Å². The highest BCUT2D eigenvalue weighted by Gasteiger charge is 2.33. The van der Waals surface area contributed by atoms with Crippen molar-refractivity contribution in [2.24, 2.45) is 0 Å². The van der Waals surface area contributed by atoms with Crippen molar-refractivity contribution in [1.82, 2.24) is 20.5 Å². The van der Waals surface area contributed by atoms with Crippen LogP contribution in [0.1, 0.15) is 37.2 Å². The first-order valence-corrected chi connectivity index (χ1v) is 10.8. The zero-order valence-corrected chi connectivity index (χ0v) is 18.1. The van der Waals surface area contributed by atoms with Gasteiger partial charge in [-0.15, -0.1) is 11.3 Å². The van der Waals surface area contributed by atoms with Crippen LogP contribution in [0.5, 0.6) is 5.75 Å². The molecule has 0 aliphatic carbocycles. The minimum absolute atomic E-state index is 0.0981. The molecule has 0 saturated carbocycles. The van der Waals surface area contributed by atoms with Gasteiger partial charge < -0.3 is 20.3 Å². The molecule has 1 aromatic carbocycles. The average molecular weight is 431 g/mol. The summed E-state index contributed by atoms with van der Waals surface area (Å²) in [5.74, 6) is -0.0909. The maximum absolute atomic E-state index is 12.4. The molecule has 2 heterocycles.